The molecule has 0 aliphatic heterocycles. The maximum Gasteiger partial charge on any atom is 0.307 e. The molecule has 31 heavy (non-hydrogen) atoms. The highest BCUT2D eigenvalue weighted by molar-refractivity contribution is 6.04. The maximum atomic E-state index is 12.3. The van der Waals surface area contributed by atoms with E-state index in [9.17, 15) is 24.3 Å². The quantitative estimate of drug-likeness (QED) is 0.551. The van der Waals surface area contributed by atoms with Gasteiger partial charge >= 0.3 is 5.97 Å². The first-order valence-corrected chi connectivity index (χ1v) is 10.2. The van der Waals surface area contributed by atoms with Crippen molar-refractivity contribution >= 4 is 29.4 Å². The van der Waals surface area contributed by atoms with Crippen LogP contribution in [-0.2, 0) is 9.59 Å². The van der Waals surface area contributed by atoms with Gasteiger partial charge in [-0.15, -0.1) is 0 Å². The normalized spacial score (nSPS) is 18.0. The van der Waals surface area contributed by atoms with Crippen molar-refractivity contribution in [2.24, 2.45) is 11.8 Å². The Labute approximate surface area is 180 Å². The molecule has 1 aliphatic carbocycles. The van der Waals surface area contributed by atoms with Crippen LogP contribution in [0.5, 0.6) is 0 Å². The Morgan fingerprint density at radius 2 is 1.52 bits per heavy atom. The number of hydrazine groups is 1. The second-order valence-electron chi connectivity index (χ2n) is 7.68. The lowest BCUT2D eigenvalue weighted by atomic mass is 9.79. The predicted molar refractivity (Wildman–Crippen MR) is 114 cm³/mol. The van der Waals surface area contributed by atoms with Gasteiger partial charge in [-0.05, 0) is 56.2 Å². The molecule has 0 spiro atoms. The third kappa shape index (κ3) is 5.69. The van der Waals surface area contributed by atoms with Gasteiger partial charge in [0.1, 0.15) is 0 Å². The number of hydrogen-bond donors (Lipinski definition) is 4. The Bertz CT molecular complexity index is 987. The number of carbonyl (C=O) groups is 4. The van der Waals surface area contributed by atoms with Crippen LogP contribution in [0.1, 0.15) is 52.0 Å². The molecule has 4 N–H and O–H groups in total. The average Bonchev–Trinajstić information content (AvgIpc) is 2.77. The molecule has 8 nitrogen and oxygen atoms in total. The van der Waals surface area contributed by atoms with E-state index in [1.807, 2.05) is 13.0 Å². The lowest BCUT2D eigenvalue weighted by molar-refractivity contribution is -0.149. The van der Waals surface area contributed by atoms with Gasteiger partial charge in [0.2, 0.25) is 5.91 Å². The summed E-state index contributed by atoms with van der Waals surface area (Å²) in [6.07, 6.45) is 2.50. The molecule has 1 unspecified atom stereocenters. The summed E-state index contributed by atoms with van der Waals surface area (Å²) < 4.78 is 0. The molecule has 0 bridgehead atoms. The molecule has 0 saturated heterocycles. The summed E-state index contributed by atoms with van der Waals surface area (Å²) in [6.45, 7) is 1.90. The van der Waals surface area contributed by atoms with Crippen LogP contribution in [0.3, 0.4) is 0 Å². The number of aliphatic carboxylic acids is 1. The second kappa shape index (κ2) is 9.88. The molecule has 2 aromatic rings. The third-order valence-corrected chi connectivity index (χ3v) is 5.40. The number of nitrogens with one attached hydrogen (secondary N) is 3. The largest absolute Gasteiger partial charge is 0.481 e. The highest BCUT2D eigenvalue weighted by Gasteiger charge is 2.35. The molecule has 3 rings (SSSR count). The minimum Gasteiger partial charge on any atom is -0.481 e. The predicted octanol–water partition coefficient (Wildman–Crippen LogP) is 2.90. The van der Waals surface area contributed by atoms with E-state index in [0.717, 1.165) is 18.4 Å². The molecule has 1 aliphatic rings. The van der Waals surface area contributed by atoms with Gasteiger partial charge in [-0.2, -0.15) is 0 Å². The van der Waals surface area contributed by atoms with Gasteiger partial charge in [-0.25, -0.2) is 0 Å². The number of carboxylic acid groups (broad SMARTS) is 1. The van der Waals surface area contributed by atoms with Crippen molar-refractivity contribution in [3.05, 3.63) is 65.2 Å². The molecule has 2 atom stereocenters. The summed E-state index contributed by atoms with van der Waals surface area (Å²) in [5.74, 6) is -3.68. The molecular weight excluding hydrogens is 398 g/mol. The number of rotatable bonds is 5. The maximum absolute atomic E-state index is 12.3. The van der Waals surface area contributed by atoms with E-state index in [2.05, 4.69) is 16.2 Å². The van der Waals surface area contributed by atoms with Gasteiger partial charge in [-0.1, -0.05) is 30.5 Å². The summed E-state index contributed by atoms with van der Waals surface area (Å²) in [6, 6.07) is 13.4. The Morgan fingerprint density at radius 1 is 0.839 bits per heavy atom. The summed E-state index contributed by atoms with van der Waals surface area (Å²) in [5.41, 5.74) is 6.99. The molecule has 3 amide bonds. The van der Waals surface area contributed by atoms with E-state index in [0.29, 0.717) is 24.1 Å². The zero-order valence-electron chi connectivity index (χ0n) is 17.2. The van der Waals surface area contributed by atoms with Crippen LogP contribution in [0.25, 0.3) is 0 Å². The molecule has 0 aromatic heterocycles. The highest BCUT2D eigenvalue weighted by atomic mass is 16.4. The molecular formula is C23H25N3O5. The fourth-order valence-corrected chi connectivity index (χ4v) is 3.72. The first-order valence-electron chi connectivity index (χ1n) is 10.2. The van der Waals surface area contributed by atoms with Crippen molar-refractivity contribution in [2.75, 3.05) is 5.32 Å². The van der Waals surface area contributed by atoms with E-state index in [4.69, 9.17) is 0 Å². The molecule has 8 heteroatoms. The first kappa shape index (κ1) is 22.0. The topological polar surface area (TPSA) is 125 Å². The van der Waals surface area contributed by atoms with Gasteiger partial charge in [0.15, 0.2) is 0 Å². The number of carbonyl (C=O) groups excluding carboxylic acids is 3. The smallest absolute Gasteiger partial charge is 0.307 e. The first-order chi connectivity index (χ1) is 14.8. The van der Waals surface area contributed by atoms with Crippen molar-refractivity contribution < 1.29 is 24.3 Å². The zero-order chi connectivity index (χ0) is 22.4. The molecule has 0 heterocycles. The average molecular weight is 423 g/mol. The summed E-state index contributed by atoms with van der Waals surface area (Å²) in [7, 11) is 0. The van der Waals surface area contributed by atoms with Crippen molar-refractivity contribution in [1.29, 1.82) is 0 Å². The van der Waals surface area contributed by atoms with Crippen molar-refractivity contribution in [3.63, 3.8) is 0 Å². The lowest BCUT2D eigenvalue weighted by Gasteiger charge is -2.27. The van der Waals surface area contributed by atoms with Gasteiger partial charge < -0.3 is 10.4 Å². The summed E-state index contributed by atoms with van der Waals surface area (Å²) in [4.78, 5) is 48.3. The Hall–Kier alpha value is -3.68. The SMILES string of the molecule is Cc1cccc(C(=O)Nc2ccc(C(=O)NNC(=O)C3CCCC[C@@H]3C(=O)O)cc2)c1. The number of amides is 3. The van der Waals surface area contributed by atoms with Crippen molar-refractivity contribution in [1.82, 2.24) is 10.9 Å². The van der Waals surface area contributed by atoms with Gasteiger partial charge in [0, 0.05) is 16.8 Å². The van der Waals surface area contributed by atoms with Gasteiger partial charge in [-0.3, -0.25) is 30.0 Å². The van der Waals surface area contributed by atoms with Gasteiger partial charge in [0.25, 0.3) is 11.8 Å². The highest BCUT2D eigenvalue weighted by Crippen LogP contribution is 2.30. The standard InChI is InChI=1S/C23H25N3O5/c1-14-5-4-6-16(13-14)20(27)24-17-11-9-15(10-12-17)21(28)25-26-22(29)18-7-2-3-8-19(18)23(30)31/h4-6,9-13,18-19H,2-3,7-8H2,1H3,(H,24,27)(H,25,28)(H,26,29)(H,30,31)/t18?,19-/m0/s1. The number of hydrogen-bond acceptors (Lipinski definition) is 4. The lowest BCUT2D eigenvalue weighted by Crippen LogP contribution is -2.47. The van der Waals surface area contributed by atoms with Crippen LogP contribution in [0.2, 0.25) is 0 Å². The minimum absolute atomic E-state index is 0.256. The Morgan fingerprint density at radius 3 is 2.16 bits per heavy atom. The van der Waals surface area contributed by atoms with E-state index in [1.54, 1.807) is 30.3 Å². The number of carboxylic acids is 1. The minimum atomic E-state index is -0.991. The molecule has 162 valence electrons. The third-order valence-electron chi connectivity index (χ3n) is 5.40. The van der Waals surface area contributed by atoms with Crippen LogP contribution in [0.4, 0.5) is 5.69 Å². The van der Waals surface area contributed by atoms with Crippen LogP contribution >= 0.6 is 0 Å². The number of benzene rings is 2. The molecule has 2 aromatic carbocycles. The fraction of sp³-hybridized carbons (Fsp3) is 0.304. The Balaban J connectivity index is 1.54. The van der Waals surface area contributed by atoms with Crippen LogP contribution < -0.4 is 16.2 Å². The van der Waals surface area contributed by atoms with E-state index in [-0.39, 0.29) is 11.5 Å². The van der Waals surface area contributed by atoms with E-state index >= 15 is 0 Å². The van der Waals surface area contributed by atoms with Crippen molar-refractivity contribution in [2.45, 2.75) is 32.6 Å². The van der Waals surface area contributed by atoms with Crippen molar-refractivity contribution in [3.8, 4) is 0 Å². The zero-order valence-corrected chi connectivity index (χ0v) is 17.2. The van der Waals surface area contributed by atoms with Crippen LogP contribution in [-0.4, -0.2) is 28.8 Å². The second-order valence-corrected chi connectivity index (χ2v) is 7.68. The van der Waals surface area contributed by atoms with E-state index in [1.165, 1.54) is 12.1 Å². The van der Waals surface area contributed by atoms with Gasteiger partial charge in [0.05, 0.1) is 11.8 Å². The van der Waals surface area contributed by atoms with Crippen LogP contribution in [0, 0.1) is 18.8 Å². The Kier molecular flexibility index (Phi) is 7.02. The monoisotopic (exact) mass is 423 g/mol. The summed E-state index contributed by atoms with van der Waals surface area (Å²) >= 11 is 0. The molecule has 0 radical (unpaired) electrons. The molecule has 1 fully saturated rings. The number of anilines is 1. The van der Waals surface area contributed by atoms with Crippen LogP contribution in [0.15, 0.2) is 48.5 Å². The fourth-order valence-electron chi connectivity index (χ4n) is 3.72. The summed E-state index contributed by atoms with van der Waals surface area (Å²) in [5, 5.41) is 12.1. The number of aryl methyl sites for hydroxylation is 1. The molecule has 1 saturated carbocycles. The van der Waals surface area contributed by atoms with E-state index < -0.39 is 29.6 Å².